The fourth-order valence-electron chi connectivity index (χ4n) is 3.21. The highest BCUT2D eigenvalue weighted by Gasteiger charge is 2.20. The summed E-state index contributed by atoms with van der Waals surface area (Å²) < 4.78 is 3.77. The SMILES string of the molecule is Oc1cc(Sc2nnc(Sc3cc(O)n(-c4ccccc4)c3O)s2)c(O)n1-c1ccccc1. The highest BCUT2D eigenvalue weighted by atomic mass is 32.2. The smallest absolute Gasteiger partial charge is 0.213 e. The predicted molar refractivity (Wildman–Crippen MR) is 126 cm³/mol. The van der Waals surface area contributed by atoms with Crippen LogP contribution in [-0.2, 0) is 0 Å². The Morgan fingerprint density at radius 2 is 1.00 bits per heavy atom. The summed E-state index contributed by atoms with van der Waals surface area (Å²) in [4.78, 5) is 0.861. The molecule has 0 bridgehead atoms. The molecule has 33 heavy (non-hydrogen) atoms. The molecule has 0 atom stereocenters. The van der Waals surface area contributed by atoms with Crippen LogP contribution in [0, 0.1) is 0 Å². The van der Waals surface area contributed by atoms with Gasteiger partial charge in [0.25, 0.3) is 0 Å². The molecule has 0 aliphatic carbocycles. The van der Waals surface area contributed by atoms with Crippen molar-refractivity contribution in [1.82, 2.24) is 19.3 Å². The van der Waals surface area contributed by atoms with Crippen LogP contribution in [-0.4, -0.2) is 39.8 Å². The Bertz CT molecular complexity index is 1310. The number of rotatable bonds is 6. The number of hydrogen-bond donors (Lipinski definition) is 4. The third-order valence-electron chi connectivity index (χ3n) is 4.65. The van der Waals surface area contributed by atoms with E-state index in [2.05, 4.69) is 10.2 Å². The number of hydrogen-bond acceptors (Lipinski definition) is 9. The van der Waals surface area contributed by atoms with Gasteiger partial charge in [0, 0.05) is 12.1 Å². The van der Waals surface area contributed by atoms with E-state index in [9.17, 15) is 20.4 Å². The minimum Gasteiger partial charge on any atom is -0.494 e. The topological polar surface area (TPSA) is 117 Å². The molecule has 11 heteroatoms. The van der Waals surface area contributed by atoms with Crippen molar-refractivity contribution in [2.45, 2.75) is 18.5 Å². The van der Waals surface area contributed by atoms with Crippen LogP contribution in [0.4, 0.5) is 0 Å². The van der Waals surface area contributed by atoms with Gasteiger partial charge in [-0.15, -0.1) is 10.2 Å². The summed E-state index contributed by atoms with van der Waals surface area (Å²) in [5.74, 6) is -0.392. The molecule has 0 unspecified atom stereocenters. The highest BCUT2D eigenvalue weighted by Crippen LogP contribution is 2.45. The number of benzene rings is 2. The van der Waals surface area contributed by atoms with Crippen molar-refractivity contribution in [2.24, 2.45) is 0 Å². The Kier molecular flexibility index (Phi) is 5.67. The standard InChI is InChI=1S/C22H16N4O4S3/c27-17-11-15(19(29)25(17)13-7-3-1-4-8-13)31-21-23-24-22(33-21)32-16-12-18(28)26(20(16)30)14-9-5-2-6-10-14/h1-12,27-30H. The number of nitrogens with zero attached hydrogens (tertiary/aromatic N) is 4. The normalized spacial score (nSPS) is 11.2. The molecule has 3 aromatic heterocycles. The van der Waals surface area contributed by atoms with Crippen LogP contribution in [0.2, 0.25) is 0 Å². The molecular formula is C22H16N4O4S3. The summed E-state index contributed by atoms with van der Waals surface area (Å²) in [5, 5.41) is 50.1. The summed E-state index contributed by atoms with van der Waals surface area (Å²) in [6, 6.07) is 21.0. The van der Waals surface area contributed by atoms with E-state index in [4.69, 9.17) is 0 Å². The minimum atomic E-state index is -0.101. The lowest BCUT2D eigenvalue weighted by Crippen LogP contribution is -1.91. The average molecular weight is 497 g/mol. The van der Waals surface area contributed by atoms with E-state index in [1.54, 1.807) is 24.3 Å². The maximum atomic E-state index is 10.6. The van der Waals surface area contributed by atoms with E-state index in [0.29, 0.717) is 29.8 Å². The fourth-order valence-corrected chi connectivity index (χ4v) is 6.26. The Morgan fingerprint density at radius 1 is 0.606 bits per heavy atom. The largest absolute Gasteiger partial charge is 0.494 e. The van der Waals surface area contributed by atoms with Gasteiger partial charge in [-0.25, -0.2) is 0 Å². The maximum absolute atomic E-state index is 10.6. The van der Waals surface area contributed by atoms with Gasteiger partial charge < -0.3 is 20.4 Å². The zero-order chi connectivity index (χ0) is 22.9. The molecular weight excluding hydrogens is 480 g/mol. The minimum absolute atomic E-state index is 0.0945. The van der Waals surface area contributed by atoms with Crippen molar-refractivity contribution in [1.29, 1.82) is 0 Å². The molecule has 0 spiro atoms. The molecule has 0 aliphatic heterocycles. The van der Waals surface area contributed by atoms with Crippen molar-refractivity contribution in [3.05, 3.63) is 72.8 Å². The Hall–Kier alpha value is -3.54. The van der Waals surface area contributed by atoms with Gasteiger partial charge in [-0.2, -0.15) is 0 Å². The highest BCUT2D eigenvalue weighted by molar-refractivity contribution is 8.03. The molecule has 0 aliphatic rings. The Morgan fingerprint density at radius 3 is 1.39 bits per heavy atom. The molecule has 0 fully saturated rings. The zero-order valence-corrected chi connectivity index (χ0v) is 19.2. The summed E-state index contributed by atoms with van der Waals surface area (Å²) in [5.41, 5.74) is 1.26. The van der Waals surface area contributed by atoms with Gasteiger partial charge in [-0.3, -0.25) is 9.13 Å². The second kappa shape index (κ2) is 8.77. The van der Waals surface area contributed by atoms with E-state index in [0.717, 1.165) is 0 Å². The Labute approximate surface area is 200 Å². The molecule has 0 saturated heterocycles. The monoisotopic (exact) mass is 496 g/mol. The van der Waals surface area contributed by atoms with E-state index < -0.39 is 0 Å². The first-order valence-corrected chi connectivity index (χ1v) is 12.0. The molecule has 4 N–H and O–H groups in total. The van der Waals surface area contributed by atoms with Gasteiger partial charge in [0.2, 0.25) is 11.8 Å². The average Bonchev–Trinajstić information content (AvgIpc) is 3.46. The lowest BCUT2D eigenvalue weighted by molar-refractivity contribution is 0.397. The quantitative estimate of drug-likeness (QED) is 0.252. The van der Waals surface area contributed by atoms with Gasteiger partial charge in [-0.05, 0) is 24.3 Å². The molecule has 0 saturated carbocycles. The van der Waals surface area contributed by atoms with Crippen LogP contribution < -0.4 is 0 Å². The first-order chi connectivity index (χ1) is 16.0. The van der Waals surface area contributed by atoms with Crippen molar-refractivity contribution >= 4 is 34.9 Å². The second-order valence-electron chi connectivity index (χ2n) is 6.76. The van der Waals surface area contributed by atoms with Crippen LogP contribution in [0.25, 0.3) is 11.4 Å². The van der Waals surface area contributed by atoms with Gasteiger partial charge in [0.05, 0.1) is 21.2 Å². The van der Waals surface area contributed by atoms with E-state index in [1.165, 1.54) is 56.1 Å². The third kappa shape index (κ3) is 4.13. The third-order valence-corrected chi connectivity index (χ3v) is 7.72. The maximum Gasteiger partial charge on any atom is 0.213 e. The molecule has 0 radical (unpaired) electrons. The van der Waals surface area contributed by atoms with Crippen LogP contribution >= 0.6 is 34.9 Å². The van der Waals surface area contributed by atoms with E-state index >= 15 is 0 Å². The lowest BCUT2D eigenvalue weighted by Gasteiger charge is -2.06. The first kappa shape index (κ1) is 21.3. The summed E-state index contributed by atoms with van der Waals surface area (Å²) in [6.45, 7) is 0. The molecule has 5 rings (SSSR count). The zero-order valence-electron chi connectivity index (χ0n) is 16.7. The summed E-state index contributed by atoms with van der Waals surface area (Å²) in [7, 11) is 0. The summed E-state index contributed by atoms with van der Waals surface area (Å²) >= 11 is 3.60. The summed E-state index contributed by atoms with van der Waals surface area (Å²) in [6.07, 6.45) is 0. The van der Waals surface area contributed by atoms with Gasteiger partial charge in [-0.1, -0.05) is 71.3 Å². The lowest BCUT2D eigenvalue weighted by atomic mass is 10.3. The Balaban J connectivity index is 1.36. The number of aromatic nitrogens is 4. The van der Waals surface area contributed by atoms with Crippen LogP contribution in [0.15, 0.2) is 91.3 Å². The molecule has 3 heterocycles. The van der Waals surface area contributed by atoms with Crippen LogP contribution in [0.5, 0.6) is 23.5 Å². The number of aromatic hydroxyl groups is 4. The first-order valence-electron chi connectivity index (χ1n) is 9.58. The van der Waals surface area contributed by atoms with Crippen molar-refractivity contribution in [3.8, 4) is 34.9 Å². The molecule has 5 aromatic rings. The number of para-hydroxylation sites is 2. The van der Waals surface area contributed by atoms with Gasteiger partial charge in [0.1, 0.15) is 0 Å². The fraction of sp³-hybridized carbons (Fsp3) is 0. The van der Waals surface area contributed by atoms with Crippen molar-refractivity contribution in [3.63, 3.8) is 0 Å². The second-order valence-corrected chi connectivity index (χ2v) is 10.3. The van der Waals surface area contributed by atoms with Gasteiger partial charge >= 0.3 is 0 Å². The van der Waals surface area contributed by atoms with Gasteiger partial charge in [0.15, 0.2) is 20.4 Å². The molecule has 8 nitrogen and oxygen atoms in total. The molecule has 166 valence electrons. The predicted octanol–water partition coefficient (Wildman–Crippen LogP) is 5.24. The van der Waals surface area contributed by atoms with E-state index in [-0.39, 0.29) is 23.5 Å². The van der Waals surface area contributed by atoms with Crippen molar-refractivity contribution < 1.29 is 20.4 Å². The van der Waals surface area contributed by atoms with Crippen LogP contribution in [0.1, 0.15) is 0 Å². The van der Waals surface area contributed by atoms with E-state index in [1.807, 2.05) is 36.4 Å². The van der Waals surface area contributed by atoms with Crippen molar-refractivity contribution in [2.75, 3.05) is 0 Å². The molecule has 2 aromatic carbocycles. The molecule has 0 amide bonds. The van der Waals surface area contributed by atoms with Crippen LogP contribution in [0.3, 0.4) is 0 Å².